The zero-order valence-electron chi connectivity index (χ0n) is 57.4. The first-order chi connectivity index (χ1) is 46.9. The summed E-state index contributed by atoms with van der Waals surface area (Å²) in [5, 5.41) is 50.3. The van der Waals surface area contributed by atoms with Gasteiger partial charge in [-0.3, -0.25) is 0 Å². The highest BCUT2D eigenvalue weighted by Crippen LogP contribution is 2.32. The van der Waals surface area contributed by atoms with E-state index in [0.717, 1.165) is 147 Å². The fourth-order valence-corrected chi connectivity index (χ4v) is 11.3. The molecular weight excluding hydrogens is 1350 g/mol. The first kappa shape index (κ1) is 81.5. The SMILES string of the molecule is CNC1CCN(C)CC1.COc1ccc(Nc2nc(Cl)nc(Cl)n2)cc1Cl.COc1ccc(Nc2nc(NCCCCCO)nc(N(C)C3CCN(C)CC3)n2)cc1Cl.COc1ccc(Nc2nc(NCCCCCO)nc(N(C)C3CCNCC3)n2)cc1Cl.NCCCCCO. The smallest absolute Gasteiger partial charge is 0.233 e. The molecule has 0 atom stereocenters. The molecule has 0 unspecified atom stereocenters. The monoisotopic (exact) mass is 1450 g/mol. The minimum atomic E-state index is 0.0112. The fraction of sp³-hybridized carbons (Fsp3) is 0.585. The van der Waals surface area contributed by atoms with Crippen molar-refractivity contribution >= 4 is 117 Å². The summed E-state index contributed by atoms with van der Waals surface area (Å²) in [6.07, 6.45) is 15.2. The highest BCUT2D eigenvalue weighted by Gasteiger charge is 2.25. The molecule has 0 spiro atoms. The molecule has 3 aliphatic heterocycles. The summed E-state index contributed by atoms with van der Waals surface area (Å²) >= 11 is 29.8. The topological polar surface area (TPSA) is 328 Å². The van der Waals surface area contributed by atoms with Gasteiger partial charge in [-0.25, -0.2) is 0 Å². The van der Waals surface area contributed by atoms with E-state index in [9.17, 15) is 0 Å². The average molecular weight is 1450 g/mol. The number of benzene rings is 3. The van der Waals surface area contributed by atoms with Gasteiger partial charge in [0.25, 0.3) is 0 Å². The van der Waals surface area contributed by atoms with Crippen molar-refractivity contribution in [1.29, 1.82) is 0 Å². The molecule has 3 aromatic heterocycles. The van der Waals surface area contributed by atoms with E-state index in [4.69, 9.17) is 93.3 Å². The Balaban J connectivity index is 0.000000241. The number of aliphatic hydroxyl groups excluding tert-OH is 3. The number of halogens is 5. The molecule has 6 aromatic rings. The highest BCUT2D eigenvalue weighted by atomic mass is 35.5. The maximum absolute atomic E-state index is 8.96. The molecule has 27 nitrogen and oxygen atoms in total. The van der Waals surface area contributed by atoms with Crippen LogP contribution in [0.4, 0.5) is 58.7 Å². The number of piperidine rings is 3. The van der Waals surface area contributed by atoms with Gasteiger partial charge in [-0.1, -0.05) is 34.8 Å². The third kappa shape index (κ3) is 30.5. The Kier molecular flexibility index (Phi) is 38.8. The largest absolute Gasteiger partial charge is 0.495 e. The van der Waals surface area contributed by atoms with Crippen molar-refractivity contribution in [1.82, 2.24) is 65.3 Å². The molecule has 0 bridgehead atoms. The molecule has 0 amide bonds. The molecule has 97 heavy (non-hydrogen) atoms. The zero-order chi connectivity index (χ0) is 70.3. The number of hydrogen-bond acceptors (Lipinski definition) is 27. The number of nitrogens with two attached hydrogens (primary N) is 1. The lowest BCUT2D eigenvalue weighted by Crippen LogP contribution is -2.42. The van der Waals surface area contributed by atoms with Crippen LogP contribution >= 0.6 is 58.0 Å². The Morgan fingerprint density at radius 1 is 0.485 bits per heavy atom. The molecule has 3 fully saturated rings. The second-order valence-electron chi connectivity index (χ2n) is 23.3. The van der Waals surface area contributed by atoms with E-state index in [0.29, 0.717) is 92.4 Å². The lowest BCUT2D eigenvalue weighted by molar-refractivity contribution is 0.240. The predicted octanol–water partition coefficient (Wildman–Crippen LogP) is 10.4. The van der Waals surface area contributed by atoms with E-state index in [1.54, 1.807) is 63.8 Å². The second kappa shape index (κ2) is 46.2. The van der Waals surface area contributed by atoms with Crippen molar-refractivity contribution in [3.05, 3.63) is 80.2 Å². The molecule has 3 saturated heterocycles. The van der Waals surface area contributed by atoms with Gasteiger partial charge in [0.15, 0.2) is 0 Å². The Bertz CT molecular complexity index is 3150. The minimum absolute atomic E-state index is 0.0112. The van der Waals surface area contributed by atoms with Crippen molar-refractivity contribution < 1.29 is 29.5 Å². The maximum Gasteiger partial charge on any atom is 0.233 e. The predicted molar refractivity (Wildman–Crippen MR) is 395 cm³/mol. The molecule has 3 aliphatic rings. The van der Waals surface area contributed by atoms with Crippen molar-refractivity contribution in [2.75, 3.05) is 172 Å². The number of hydrogen-bond donors (Lipinski definition) is 11. The quantitative estimate of drug-likeness (QED) is 0.0187. The number of methoxy groups -OCH3 is 3. The number of aliphatic hydroxyl groups is 3. The van der Waals surface area contributed by atoms with Gasteiger partial charge >= 0.3 is 0 Å². The highest BCUT2D eigenvalue weighted by molar-refractivity contribution is 6.33. The van der Waals surface area contributed by atoms with Gasteiger partial charge < -0.3 is 92.1 Å². The van der Waals surface area contributed by atoms with Crippen LogP contribution in [0, 0.1) is 0 Å². The standard InChI is InChI=1S/C22H34ClN7O2.C21H32ClN7O2.C10H7Cl3N4O.C7H16N2.C5H13NO/c1-29-12-9-17(10-13-29)30(2)22-27-20(24-11-5-4-6-14-31)26-21(28-22)25-16-7-8-19(32-3)18(23)15-16;1-29(16-8-11-23-12-9-16)21-27-19(24-10-4-3-5-13-30)26-20(28-21)25-15-6-7-18(31-2)17(22)14-15;1-18-7-3-2-5(4-6(7)11)14-10-16-8(12)15-9(13)17-10;1-8-7-3-5-9(2)6-4-7;6-4-2-1-3-5-7/h7-8,15,17,31H,4-6,9-14H2,1-3H3,(H2,24,25,26,27,28);6-7,14,16,23,30H,3-5,8-13H2,1-2H3,(H2,24,25,26,27,28);2-4H,1H3,(H,14,15,16,17);7-8H,3-6H2,1-2H3;7H,1-6H2. The number of anilines is 10. The van der Waals surface area contributed by atoms with Gasteiger partial charge in [0, 0.05) is 82.2 Å². The summed E-state index contributed by atoms with van der Waals surface area (Å²) in [7, 11) is 15.2. The first-order valence-electron chi connectivity index (χ1n) is 33.0. The molecule has 6 heterocycles. The summed E-state index contributed by atoms with van der Waals surface area (Å²) in [6.45, 7) is 9.57. The Morgan fingerprint density at radius 3 is 1.21 bits per heavy atom. The van der Waals surface area contributed by atoms with E-state index in [1.165, 1.54) is 25.9 Å². The van der Waals surface area contributed by atoms with Crippen molar-refractivity contribution in [2.45, 2.75) is 114 Å². The van der Waals surface area contributed by atoms with Crippen LogP contribution in [0.5, 0.6) is 17.2 Å². The van der Waals surface area contributed by atoms with Crippen LogP contribution in [0.15, 0.2) is 54.6 Å². The molecule has 0 saturated carbocycles. The Hall–Kier alpha value is -6.18. The van der Waals surface area contributed by atoms with E-state index in [2.05, 4.69) is 123 Å². The number of likely N-dealkylation sites (tertiary alicyclic amines) is 2. The van der Waals surface area contributed by atoms with Crippen LogP contribution in [-0.4, -0.2) is 223 Å². The number of nitrogens with zero attached hydrogens (tertiary/aromatic N) is 13. The molecule has 12 N–H and O–H groups in total. The van der Waals surface area contributed by atoms with Crippen LogP contribution in [0.25, 0.3) is 0 Å². The fourth-order valence-electron chi connectivity index (χ4n) is 10.2. The number of aromatic nitrogens is 9. The van der Waals surface area contributed by atoms with Gasteiger partial charge in [-0.05, 0) is 241 Å². The van der Waals surface area contributed by atoms with E-state index < -0.39 is 0 Å². The molecule has 0 radical (unpaired) electrons. The summed E-state index contributed by atoms with van der Waals surface area (Å²) in [4.78, 5) is 48.2. The molecule has 9 rings (SSSR count). The van der Waals surface area contributed by atoms with E-state index in [-0.39, 0.29) is 29.7 Å². The number of nitrogens with one attached hydrogen (secondary N) is 7. The van der Waals surface area contributed by atoms with E-state index in [1.807, 2.05) is 26.2 Å². The summed E-state index contributed by atoms with van der Waals surface area (Å²) in [5.74, 6) is 5.25. The van der Waals surface area contributed by atoms with Gasteiger partial charge in [-0.2, -0.15) is 44.9 Å². The van der Waals surface area contributed by atoms with Crippen molar-refractivity contribution in [3.8, 4) is 17.2 Å². The lowest BCUT2D eigenvalue weighted by atomic mass is 10.0. The lowest BCUT2D eigenvalue weighted by Gasteiger charge is -2.35. The molecule has 538 valence electrons. The maximum atomic E-state index is 8.96. The molecule has 32 heteroatoms. The van der Waals surface area contributed by atoms with Crippen LogP contribution in [0.3, 0.4) is 0 Å². The van der Waals surface area contributed by atoms with Crippen LogP contribution < -0.4 is 67.0 Å². The van der Waals surface area contributed by atoms with Crippen molar-refractivity contribution in [3.63, 3.8) is 0 Å². The third-order valence-electron chi connectivity index (χ3n) is 16.0. The normalized spacial score (nSPS) is 14.4. The minimum Gasteiger partial charge on any atom is -0.495 e. The van der Waals surface area contributed by atoms with Gasteiger partial charge in [0.05, 0.1) is 36.4 Å². The summed E-state index contributed by atoms with van der Waals surface area (Å²) < 4.78 is 15.5. The molecular formula is C65H102Cl5N21O6. The number of rotatable bonds is 30. The Morgan fingerprint density at radius 2 is 0.845 bits per heavy atom. The Labute approximate surface area is 597 Å². The van der Waals surface area contributed by atoms with Crippen LogP contribution in [0.1, 0.15) is 96.3 Å². The van der Waals surface area contributed by atoms with Crippen molar-refractivity contribution in [2.24, 2.45) is 5.73 Å². The van der Waals surface area contributed by atoms with Gasteiger partial charge in [-0.15, -0.1) is 0 Å². The molecule has 0 aliphatic carbocycles. The summed E-state index contributed by atoms with van der Waals surface area (Å²) in [5.41, 5.74) is 7.40. The zero-order valence-corrected chi connectivity index (χ0v) is 61.1. The first-order valence-corrected chi connectivity index (χ1v) is 34.9. The third-order valence-corrected chi connectivity index (χ3v) is 17.2. The van der Waals surface area contributed by atoms with Crippen LogP contribution in [0.2, 0.25) is 25.6 Å². The number of ether oxygens (including phenoxy) is 3. The van der Waals surface area contributed by atoms with Gasteiger partial charge in [0.1, 0.15) is 17.2 Å². The van der Waals surface area contributed by atoms with Crippen LogP contribution in [-0.2, 0) is 0 Å². The molecule has 3 aromatic carbocycles. The van der Waals surface area contributed by atoms with Gasteiger partial charge in [0.2, 0.25) is 52.2 Å². The van der Waals surface area contributed by atoms with E-state index >= 15 is 0 Å². The second-order valence-corrected chi connectivity index (χ2v) is 25.2. The summed E-state index contributed by atoms with van der Waals surface area (Å²) in [6, 6.07) is 17.6. The average Bonchev–Trinajstić information content (AvgIpc) is 0.870. The number of unbranched alkanes of at least 4 members (excludes halogenated alkanes) is 6.